The summed E-state index contributed by atoms with van der Waals surface area (Å²) in [5, 5.41) is 4.99. The van der Waals surface area contributed by atoms with Crippen LogP contribution in [0, 0.1) is 0 Å². The van der Waals surface area contributed by atoms with E-state index in [0.717, 1.165) is 45.5 Å². The lowest BCUT2D eigenvalue weighted by Crippen LogP contribution is -1.85. The monoisotopic (exact) mass is 323 g/mol. The van der Waals surface area contributed by atoms with Gasteiger partial charge in [0.05, 0.1) is 21.7 Å². The van der Waals surface area contributed by atoms with Crippen LogP contribution >= 0.6 is 34.7 Å². The molecule has 0 saturated carbocycles. The summed E-state index contributed by atoms with van der Waals surface area (Å²) < 4.78 is 0. The first-order valence-corrected chi connectivity index (χ1v) is 8.70. The lowest BCUT2D eigenvalue weighted by atomic mass is 10.3. The number of nitrogens with zero attached hydrogens (tertiary/aromatic N) is 2. The smallest absolute Gasteiger partial charge is 0.166 e. The minimum atomic E-state index is 0.724. The van der Waals surface area contributed by atoms with Crippen molar-refractivity contribution in [3.63, 3.8) is 0 Å². The molecule has 20 heavy (non-hydrogen) atoms. The highest BCUT2D eigenvalue weighted by atomic mass is 35.5. The molecule has 2 heterocycles. The number of halogens is 1. The lowest BCUT2D eigenvalue weighted by molar-refractivity contribution is 0.902. The van der Waals surface area contributed by atoms with Gasteiger partial charge >= 0.3 is 0 Å². The van der Waals surface area contributed by atoms with Gasteiger partial charge in [-0.2, -0.15) is 0 Å². The van der Waals surface area contributed by atoms with Crippen molar-refractivity contribution in [2.45, 2.75) is 30.7 Å². The Bertz CT molecular complexity index is 720. The highest BCUT2D eigenvalue weighted by molar-refractivity contribution is 7.98. The highest BCUT2D eigenvalue weighted by Crippen LogP contribution is 2.25. The van der Waals surface area contributed by atoms with Crippen LogP contribution in [-0.4, -0.2) is 15.0 Å². The average Bonchev–Trinajstić information content (AvgIpc) is 3.02. The SMILES string of the molecule is CCCc1nc(CSc2nc3ccc(Cl)cc3[nH]2)cs1. The maximum atomic E-state index is 5.97. The van der Waals surface area contributed by atoms with Crippen molar-refractivity contribution in [1.82, 2.24) is 15.0 Å². The Balaban J connectivity index is 1.69. The van der Waals surface area contributed by atoms with Crippen LogP contribution in [0.1, 0.15) is 24.0 Å². The fraction of sp³-hybridized carbons (Fsp3) is 0.286. The first-order chi connectivity index (χ1) is 9.74. The Kier molecular flexibility index (Phi) is 4.29. The summed E-state index contributed by atoms with van der Waals surface area (Å²) >= 11 is 9.38. The number of thioether (sulfide) groups is 1. The number of aromatic amines is 1. The number of H-pyrrole nitrogens is 1. The van der Waals surface area contributed by atoms with Gasteiger partial charge in [-0.1, -0.05) is 30.3 Å². The van der Waals surface area contributed by atoms with Gasteiger partial charge in [0.1, 0.15) is 0 Å². The molecule has 0 unspecified atom stereocenters. The molecule has 1 N–H and O–H groups in total. The molecular formula is C14H14ClN3S2. The molecule has 3 aromatic rings. The molecule has 2 aromatic heterocycles. The Hall–Kier alpha value is -1.04. The normalized spacial score (nSPS) is 11.3. The number of thiazole rings is 1. The third-order valence-electron chi connectivity index (χ3n) is 2.84. The summed E-state index contributed by atoms with van der Waals surface area (Å²) in [5.41, 5.74) is 3.05. The molecule has 0 radical (unpaired) electrons. The van der Waals surface area contributed by atoms with E-state index in [-0.39, 0.29) is 0 Å². The molecule has 0 amide bonds. The van der Waals surface area contributed by atoms with Gasteiger partial charge in [0.2, 0.25) is 0 Å². The number of imidazole rings is 1. The van der Waals surface area contributed by atoms with Gasteiger partial charge in [-0.3, -0.25) is 0 Å². The second kappa shape index (κ2) is 6.16. The van der Waals surface area contributed by atoms with Crippen molar-refractivity contribution in [2.75, 3.05) is 0 Å². The zero-order valence-corrected chi connectivity index (χ0v) is 13.4. The minimum absolute atomic E-state index is 0.724. The van der Waals surface area contributed by atoms with E-state index in [1.54, 1.807) is 23.1 Å². The molecule has 0 aliphatic carbocycles. The van der Waals surface area contributed by atoms with Crippen molar-refractivity contribution in [1.29, 1.82) is 0 Å². The maximum absolute atomic E-state index is 5.97. The number of benzene rings is 1. The van der Waals surface area contributed by atoms with Gasteiger partial charge in [0.15, 0.2) is 5.16 Å². The number of nitrogens with one attached hydrogen (secondary N) is 1. The Labute approximate surface area is 130 Å². The topological polar surface area (TPSA) is 41.6 Å². The largest absolute Gasteiger partial charge is 0.333 e. The zero-order chi connectivity index (χ0) is 13.9. The molecule has 0 spiro atoms. The van der Waals surface area contributed by atoms with E-state index >= 15 is 0 Å². The van der Waals surface area contributed by atoms with Crippen LogP contribution in [0.4, 0.5) is 0 Å². The van der Waals surface area contributed by atoms with Gasteiger partial charge in [-0.05, 0) is 31.0 Å². The summed E-state index contributed by atoms with van der Waals surface area (Å²) in [6, 6.07) is 5.69. The molecule has 0 aliphatic heterocycles. The van der Waals surface area contributed by atoms with Crippen molar-refractivity contribution in [3.8, 4) is 0 Å². The maximum Gasteiger partial charge on any atom is 0.166 e. The van der Waals surface area contributed by atoms with Crippen molar-refractivity contribution in [2.24, 2.45) is 0 Å². The van der Waals surface area contributed by atoms with Crippen LogP contribution in [-0.2, 0) is 12.2 Å². The van der Waals surface area contributed by atoms with Crippen LogP contribution in [0.25, 0.3) is 11.0 Å². The molecule has 0 saturated heterocycles. The van der Waals surface area contributed by atoms with Gasteiger partial charge in [0.25, 0.3) is 0 Å². The number of aromatic nitrogens is 3. The van der Waals surface area contributed by atoms with E-state index in [9.17, 15) is 0 Å². The first-order valence-electron chi connectivity index (χ1n) is 6.46. The van der Waals surface area contributed by atoms with Gasteiger partial charge in [-0.15, -0.1) is 11.3 Å². The number of hydrogen-bond acceptors (Lipinski definition) is 4. The average molecular weight is 324 g/mol. The zero-order valence-electron chi connectivity index (χ0n) is 11.0. The van der Waals surface area contributed by atoms with Gasteiger partial charge in [0, 0.05) is 16.2 Å². The summed E-state index contributed by atoms with van der Waals surface area (Å²) in [7, 11) is 0. The Morgan fingerprint density at radius 1 is 1.35 bits per heavy atom. The quantitative estimate of drug-likeness (QED) is 0.678. The van der Waals surface area contributed by atoms with E-state index in [0.29, 0.717) is 0 Å². The third kappa shape index (κ3) is 3.16. The van der Waals surface area contributed by atoms with Crippen molar-refractivity contribution < 1.29 is 0 Å². The van der Waals surface area contributed by atoms with Crippen LogP contribution in [0.2, 0.25) is 5.02 Å². The van der Waals surface area contributed by atoms with Crippen LogP contribution in [0.5, 0.6) is 0 Å². The molecule has 0 aliphatic rings. The molecule has 3 nitrogen and oxygen atoms in total. The highest BCUT2D eigenvalue weighted by Gasteiger charge is 2.06. The number of hydrogen-bond donors (Lipinski definition) is 1. The van der Waals surface area contributed by atoms with Crippen LogP contribution in [0.15, 0.2) is 28.7 Å². The predicted octanol–water partition coefficient (Wildman–Crippen LogP) is 4.92. The van der Waals surface area contributed by atoms with E-state index in [4.69, 9.17) is 11.6 Å². The Morgan fingerprint density at radius 2 is 2.25 bits per heavy atom. The molecular weight excluding hydrogens is 310 g/mol. The lowest BCUT2D eigenvalue weighted by Gasteiger charge is -1.93. The molecule has 0 fully saturated rings. The summed E-state index contributed by atoms with van der Waals surface area (Å²) in [6.07, 6.45) is 2.21. The standard InChI is InChI=1S/C14H14ClN3S2/c1-2-3-13-16-10(7-19-13)8-20-14-17-11-5-4-9(15)6-12(11)18-14/h4-7H,2-3,8H2,1H3,(H,17,18). The van der Waals surface area contributed by atoms with Crippen molar-refractivity contribution in [3.05, 3.63) is 39.3 Å². The van der Waals surface area contributed by atoms with E-state index < -0.39 is 0 Å². The van der Waals surface area contributed by atoms with Crippen LogP contribution < -0.4 is 0 Å². The fourth-order valence-electron chi connectivity index (χ4n) is 1.91. The van der Waals surface area contributed by atoms with E-state index in [1.807, 2.05) is 18.2 Å². The summed E-state index contributed by atoms with van der Waals surface area (Å²) in [6.45, 7) is 2.18. The molecule has 104 valence electrons. The molecule has 1 aromatic carbocycles. The van der Waals surface area contributed by atoms with Gasteiger partial charge in [-0.25, -0.2) is 9.97 Å². The fourth-order valence-corrected chi connectivity index (χ4v) is 3.87. The number of aryl methyl sites for hydroxylation is 1. The van der Waals surface area contributed by atoms with Crippen molar-refractivity contribution >= 4 is 45.7 Å². The first kappa shape index (κ1) is 13.9. The van der Waals surface area contributed by atoms with E-state index in [2.05, 4.69) is 27.3 Å². The predicted molar refractivity (Wildman–Crippen MR) is 86.8 cm³/mol. The second-order valence-electron chi connectivity index (χ2n) is 4.47. The third-order valence-corrected chi connectivity index (χ3v) is 4.94. The minimum Gasteiger partial charge on any atom is -0.333 e. The molecule has 6 heteroatoms. The molecule has 0 atom stereocenters. The summed E-state index contributed by atoms with van der Waals surface area (Å²) in [5.74, 6) is 0.841. The summed E-state index contributed by atoms with van der Waals surface area (Å²) in [4.78, 5) is 12.4. The number of fused-ring (bicyclic) bond motifs is 1. The molecule has 0 bridgehead atoms. The second-order valence-corrected chi connectivity index (χ2v) is 6.82. The number of rotatable bonds is 5. The molecule has 3 rings (SSSR count). The Morgan fingerprint density at radius 3 is 3.10 bits per heavy atom. The van der Waals surface area contributed by atoms with E-state index in [1.165, 1.54) is 5.01 Å². The van der Waals surface area contributed by atoms with Crippen LogP contribution in [0.3, 0.4) is 0 Å². The van der Waals surface area contributed by atoms with Gasteiger partial charge < -0.3 is 4.98 Å².